The second-order valence-electron chi connectivity index (χ2n) is 7.55. The standard InChI is InChI=1S/C22H22N2O4S/c1-14-7-8-20(15(2)11-14)24-21(25)18-6-4-3-5-17(18)19(22(24)26)12-23-16-9-10-29(27,28)13-16/h3-8,11-12,16,26H,9-10,13H2,1-2H3/t16-/m0/s1. The van der Waals surface area contributed by atoms with E-state index in [-0.39, 0.29) is 29.0 Å². The molecule has 29 heavy (non-hydrogen) atoms. The molecule has 0 spiro atoms. The van der Waals surface area contributed by atoms with E-state index < -0.39 is 9.84 Å². The molecule has 6 nitrogen and oxygen atoms in total. The van der Waals surface area contributed by atoms with Gasteiger partial charge in [-0.25, -0.2) is 13.0 Å². The van der Waals surface area contributed by atoms with Gasteiger partial charge in [0.1, 0.15) is 0 Å². The number of sulfone groups is 1. The Hall–Kier alpha value is -2.93. The Morgan fingerprint density at radius 2 is 1.86 bits per heavy atom. The van der Waals surface area contributed by atoms with Crippen LogP contribution in [-0.4, -0.2) is 41.9 Å². The van der Waals surface area contributed by atoms with Gasteiger partial charge in [-0.05, 0) is 38.0 Å². The number of aryl methyl sites for hydroxylation is 2. The van der Waals surface area contributed by atoms with Crippen molar-refractivity contribution in [3.63, 3.8) is 0 Å². The van der Waals surface area contributed by atoms with Gasteiger partial charge in [0, 0.05) is 17.0 Å². The van der Waals surface area contributed by atoms with Gasteiger partial charge in [0.2, 0.25) is 5.88 Å². The summed E-state index contributed by atoms with van der Waals surface area (Å²) >= 11 is 0. The van der Waals surface area contributed by atoms with Crippen molar-refractivity contribution >= 4 is 26.8 Å². The molecule has 0 aliphatic carbocycles. The number of pyridine rings is 1. The van der Waals surface area contributed by atoms with E-state index in [1.165, 1.54) is 10.8 Å². The van der Waals surface area contributed by atoms with Crippen molar-refractivity contribution in [3.8, 4) is 11.6 Å². The van der Waals surface area contributed by atoms with Gasteiger partial charge in [-0.2, -0.15) is 0 Å². The van der Waals surface area contributed by atoms with Crippen LogP contribution >= 0.6 is 0 Å². The molecule has 0 amide bonds. The number of benzene rings is 2. The zero-order valence-corrected chi connectivity index (χ0v) is 17.1. The smallest absolute Gasteiger partial charge is 0.265 e. The number of hydrogen-bond donors (Lipinski definition) is 1. The summed E-state index contributed by atoms with van der Waals surface area (Å²) in [6.45, 7) is 3.86. The van der Waals surface area contributed by atoms with Crippen LogP contribution in [-0.2, 0) is 9.84 Å². The molecule has 1 fully saturated rings. The fourth-order valence-corrected chi connectivity index (χ4v) is 5.48. The second kappa shape index (κ2) is 7.15. The molecule has 2 heterocycles. The van der Waals surface area contributed by atoms with Gasteiger partial charge in [0.15, 0.2) is 9.84 Å². The van der Waals surface area contributed by atoms with Gasteiger partial charge < -0.3 is 5.11 Å². The minimum Gasteiger partial charge on any atom is -0.494 e. The molecule has 4 rings (SSSR count). The van der Waals surface area contributed by atoms with Crippen molar-refractivity contribution in [2.75, 3.05) is 11.5 Å². The zero-order chi connectivity index (χ0) is 20.8. The summed E-state index contributed by atoms with van der Waals surface area (Å²) < 4.78 is 24.7. The van der Waals surface area contributed by atoms with E-state index in [0.717, 1.165) is 11.1 Å². The van der Waals surface area contributed by atoms with Crippen LogP contribution in [0.3, 0.4) is 0 Å². The van der Waals surface area contributed by atoms with Crippen LogP contribution in [0.15, 0.2) is 52.3 Å². The number of rotatable bonds is 3. The molecule has 1 atom stereocenters. The topological polar surface area (TPSA) is 88.7 Å². The highest BCUT2D eigenvalue weighted by atomic mass is 32.2. The molecule has 1 aromatic heterocycles. The molecule has 3 aromatic rings. The third kappa shape index (κ3) is 3.58. The average Bonchev–Trinajstić information content (AvgIpc) is 3.02. The van der Waals surface area contributed by atoms with Crippen molar-refractivity contribution in [1.82, 2.24) is 4.57 Å². The first-order valence-corrected chi connectivity index (χ1v) is 11.3. The number of aliphatic imine (C=N–C) groups is 1. The first-order valence-electron chi connectivity index (χ1n) is 9.45. The largest absolute Gasteiger partial charge is 0.494 e. The zero-order valence-electron chi connectivity index (χ0n) is 16.3. The van der Waals surface area contributed by atoms with E-state index in [0.29, 0.717) is 28.4 Å². The maximum Gasteiger partial charge on any atom is 0.265 e. The van der Waals surface area contributed by atoms with Crippen LogP contribution in [0.2, 0.25) is 0 Å². The molecule has 0 radical (unpaired) electrons. The number of aromatic nitrogens is 1. The highest BCUT2D eigenvalue weighted by molar-refractivity contribution is 7.91. The van der Waals surface area contributed by atoms with E-state index in [1.807, 2.05) is 32.0 Å². The van der Waals surface area contributed by atoms with E-state index >= 15 is 0 Å². The fourth-order valence-electron chi connectivity index (χ4n) is 3.84. The van der Waals surface area contributed by atoms with Crippen LogP contribution in [0.1, 0.15) is 23.1 Å². The van der Waals surface area contributed by atoms with Crippen LogP contribution in [0.25, 0.3) is 16.5 Å². The molecule has 0 saturated carbocycles. The van der Waals surface area contributed by atoms with E-state index in [1.54, 1.807) is 24.3 Å². The highest BCUT2D eigenvalue weighted by Gasteiger charge is 2.27. The monoisotopic (exact) mass is 410 g/mol. The molecule has 0 unspecified atom stereocenters. The van der Waals surface area contributed by atoms with Crippen LogP contribution < -0.4 is 5.56 Å². The Bertz CT molecular complexity index is 1310. The Morgan fingerprint density at radius 1 is 1.14 bits per heavy atom. The van der Waals surface area contributed by atoms with Crippen LogP contribution in [0, 0.1) is 13.8 Å². The normalized spacial score (nSPS) is 18.6. The van der Waals surface area contributed by atoms with Gasteiger partial charge in [-0.1, -0.05) is 35.9 Å². The van der Waals surface area contributed by atoms with E-state index in [4.69, 9.17) is 0 Å². The molecule has 2 aromatic carbocycles. The van der Waals surface area contributed by atoms with Crippen molar-refractivity contribution in [3.05, 3.63) is 69.5 Å². The summed E-state index contributed by atoms with van der Waals surface area (Å²) in [6, 6.07) is 12.4. The molecule has 150 valence electrons. The third-order valence-electron chi connectivity index (χ3n) is 5.32. The Balaban J connectivity index is 1.93. The van der Waals surface area contributed by atoms with Crippen LogP contribution in [0.5, 0.6) is 5.88 Å². The second-order valence-corrected chi connectivity index (χ2v) is 9.78. The molecule has 0 bridgehead atoms. The van der Waals surface area contributed by atoms with Crippen LogP contribution in [0.4, 0.5) is 0 Å². The van der Waals surface area contributed by atoms with Crippen molar-refractivity contribution in [2.24, 2.45) is 4.99 Å². The molecule has 1 N–H and O–H groups in total. The summed E-state index contributed by atoms with van der Waals surface area (Å²) in [5, 5.41) is 12.1. The number of hydrogen-bond acceptors (Lipinski definition) is 5. The van der Waals surface area contributed by atoms with E-state index in [2.05, 4.69) is 4.99 Å². The Kier molecular flexibility index (Phi) is 4.78. The summed E-state index contributed by atoms with van der Waals surface area (Å²) in [6.07, 6.45) is 1.97. The van der Waals surface area contributed by atoms with Gasteiger partial charge in [0.25, 0.3) is 5.56 Å². The Morgan fingerprint density at radius 3 is 2.52 bits per heavy atom. The van der Waals surface area contributed by atoms with Gasteiger partial charge in [-0.3, -0.25) is 9.79 Å². The summed E-state index contributed by atoms with van der Waals surface area (Å²) in [5.74, 6) is -0.0619. The lowest BCUT2D eigenvalue weighted by Crippen LogP contribution is -2.21. The third-order valence-corrected chi connectivity index (χ3v) is 7.07. The van der Waals surface area contributed by atoms with Gasteiger partial charge in [0.05, 0.1) is 28.8 Å². The molecule has 7 heteroatoms. The molecule has 1 aliphatic rings. The lowest BCUT2D eigenvalue weighted by atomic mass is 10.1. The minimum atomic E-state index is -3.05. The maximum atomic E-state index is 13.2. The average molecular weight is 410 g/mol. The fraction of sp³-hybridized carbons (Fsp3) is 0.273. The lowest BCUT2D eigenvalue weighted by molar-refractivity contribution is 0.436. The molecular weight excluding hydrogens is 388 g/mol. The molecule has 1 aliphatic heterocycles. The quantitative estimate of drug-likeness (QED) is 0.673. The molecule has 1 saturated heterocycles. The van der Waals surface area contributed by atoms with Gasteiger partial charge >= 0.3 is 0 Å². The lowest BCUT2D eigenvalue weighted by Gasteiger charge is -2.16. The first-order chi connectivity index (χ1) is 13.8. The summed E-state index contributed by atoms with van der Waals surface area (Å²) in [7, 11) is -3.05. The minimum absolute atomic E-state index is 0.0128. The van der Waals surface area contributed by atoms with Crippen molar-refractivity contribution in [1.29, 1.82) is 0 Å². The maximum absolute atomic E-state index is 13.2. The predicted octanol–water partition coefficient (Wildman–Crippen LogP) is 2.92. The van der Waals surface area contributed by atoms with Gasteiger partial charge in [-0.15, -0.1) is 0 Å². The van der Waals surface area contributed by atoms with E-state index in [9.17, 15) is 18.3 Å². The van der Waals surface area contributed by atoms with Crippen molar-refractivity contribution < 1.29 is 13.5 Å². The first kappa shape index (κ1) is 19.4. The highest BCUT2D eigenvalue weighted by Crippen LogP contribution is 2.28. The van der Waals surface area contributed by atoms with Crippen molar-refractivity contribution in [2.45, 2.75) is 26.3 Å². The number of aromatic hydroxyl groups is 1. The summed E-state index contributed by atoms with van der Waals surface area (Å²) in [5.41, 5.74) is 2.61. The summed E-state index contributed by atoms with van der Waals surface area (Å²) in [4.78, 5) is 17.6. The number of fused-ring (bicyclic) bond motifs is 1. The number of nitrogens with zero attached hydrogens (tertiary/aromatic N) is 2. The molecular formula is C22H22N2O4S. The predicted molar refractivity (Wildman–Crippen MR) is 115 cm³/mol. The Labute approximate surface area is 169 Å². The SMILES string of the molecule is Cc1ccc(-n2c(O)c(C=N[C@H]3CCS(=O)(=O)C3)c3ccccc3c2=O)c(C)c1.